The predicted octanol–water partition coefficient (Wildman–Crippen LogP) is 19.8. The van der Waals surface area contributed by atoms with Crippen LogP contribution in [0.5, 0.6) is 0 Å². The second-order valence-electron chi connectivity index (χ2n) is 18.8. The van der Waals surface area contributed by atoms with Crippen LogP contribution in [0, 0.1) is 13.8 Å². The van der Waals surface area contributed by atoms with Crippen LogP contribution in [-0.4, -0.2) is 0 Å². The van der Waals surface area contributed by atoms with E-state index in [2.05, 4.69) is 300 Å². The summed E-state index contributed by atoms with van der Waals surface area (Å²) in [5.74, 6) is 0. The second-order valence-corrected chi connectivity index (χ2v) is 18.8. The van der Waals surface area contributed by atoms with E-state index in [-0.39, 0.29) is 0 Å². The molecule has 0 aliphatic rings. The quantitative estimate of drug-likeness (QED) is 0.101. The zero-order valence-corrected chi connectivity index (χ0v) is 41.6. The van der Waals surface area contributed by atoms with Crippen molar-refractivity contribution in [2.75, 3.05) is 19.6 Å². The van der Waals surface area contributed by atoms with E-state index in [1.54, 1.807) is 0 Å². The minimum Gasteiger partial charge on any atom is -0.310 e. The first-order valence-corrected chi connectivity index (χ1v) is 25.2. The molecule has 12 rings (SSSR count). The van der Waals surface area contributed by atoms with Crippen LogP contribution in [-0.2, 0) is 0 Å². The summed E-state index contributed by atoms with van der Waals surface area (Å²) in [5, 5.41) is 6.71. The van der Waals surface area contributed by atoms with Gasteiger partial charge in [-0.3, -0.25) is 0 Å². The van der Waals surface area contributed by atoms with Gasteiger partial charge >= 0.3 is 0 Å². The van der Waals surface area contributed by atoms with Gasteiger partial charge in [-0.2, -0.15) is 0 Å². The van der Waals surface area contributed by atoms with Gasteiger partial charge in [-0.25, -0.2) is 0 Å². The molecule has 74 heavy (non-hydrogen) atoms. The van der Waals surface area contributed by atoms with Crippen molar-refractivity contribution in [1.29, 1.82) is 0 Å². The average molecular weight is 951 g/mol. The monoisotopic (exact) mass is 950 g/mol. The molecule has 0 aliphatic heterocycles. The molecule has 354 valence electrons. The largest absolute Gasteiger partial charge is 0.310 e. The zero-order valence-electron chi connectivity index (χ0n) is 41.6. The summed E-state index contributed by atoms with van der Waals surface area (Å²) in [6.45, 7) is 14.5. The topological polar surface area (TPSA) is 13.0 Å². The van der Waals surface area contributed by atoms with Crippen molar-refractivity contribution in [3.63, 3.8) is 0 Å². The van der Waals surface area contributed by atoms with Crippen molar-refractivity contribution in [2.24, 2.45) is 0 Å². The number of rotatable bonds is 14. The molecule has 4 heteroatoms. The highest BCUT2D eigenvalue weighted by molar-refractivity contribution is 6.31. The van der Waals surface area contributed by atoms with Crippen molar-refractivity contribution in [2.45, 2.75) is 13.8 Å². The molecule has 0 saturated heterocycles. The van der Waals surface area contributed by atoms with E-state index in [0.717, 1.165) is 123 Å². The van der Waals surface area contributed by atoms with E-state index in [1.165, 1.54) is 0 Å². The number of hydrogen-bond donors (Lipinski definition) is 0. The molecule has 4 nitrogen and oxygen atoms in total. The summed E-state index contributed by atoms with van der Waals surface area (Å²) in [7, 11) is 0. The fourth-order valence-corrected chi connectivity index (χ4v) is 10.9. The van der Waals surface area contributed by atoms with Gasteiger partial charge in [0.25, 0.3) is 0 Å². The second kappa shape index (κ2) is 19.5. The first kappa shape index (κ1) is 45.5. The Balaban J connectivity index is 1.24. The van der Waals surface area contributed by atoms with E-state index in [0.29, 0.717) is 0 Å². The molecule has 0 aliphatic carbocycles. The normalized spacial score (nSPS) is 11.2. The number of aryl methyl sites for hydroxylation is 2. The molecule has 0 amide bonds. The van der Waals surface area contributed by atoms with E-state index in [9.17, 15) is 0 Å². The first-order chi connectivity index (χ1) is 36.4. The van der Waals surface area contributed by atoms with Crippen molar-refractivity contribution in [3.8, 4) is 0 Å². The Labute approximate surface area is 434 Å². The Hall–Kier alpha value is -9.64. The van der Waals surface area contributed by atoms with Gasteiger partial charge in [-0.15, -0.1) is 0 Å². The maximum atomic E-state index is 5.09. The van der Waals surface area contributed by atoms with Gasteiger partial charge < -0.3 is 19.6 Å². The van der Waals surface area contributed by atoms with Crippen LogP contribution in [0.4, 0.5) is 56.9 Å². The third-order valence-corrected chi connectivity index (χ3v) is 14.3. The summed E-state index contributed by atoms with van der Waals surface area (Å²) in [6.07, 6.45) is 0. The lowest BCUT2D eigenvalue weighted by Gasteiger charge is -2.34. The zero-order chi connectivity index (χ0) is 50.1. The fraction of sp³-hybridized carbons (Fsp3) is 0.0286. The van der Waals surface area contributed by atoms with Crippen LogP contribution in [0.15, 0.2) is 280 Å². The van der Waals surface area contributed by atoms with Crippen molar-refractivity contribution in [3.05, 3.63) is 302 Å². The Morgan fingerprint density at radius 3 is 0.865 bits per heavy atom. The van der Waals surface area contributed by atoms with E-state index in [4.69, 9.17) is 13.2 Å². The Morgan fingerprint density at radius 2 is 0.541 bits per heavy atom. The molecule has 0 radical (unpaired) electrons. The fourth-order valence-electron chi connectivity index (χ4n) is 10.9. The molecule has 0 bridgehead atoms. The number of nitrogens with zero attached hydrogens (tertiary/aromatic N) is 4. The molecule has 0 N–H and O–H groups in total. The van der Waals surface area contributed by atoms with Crippen LogP contribution in [0.1, 0.15) is 22.3 Å². The molecule has 0 aromatic heterocycles. The third kappa shape index (κ3) is 8.09. The van der Waals surface area contributed by atoms with Gasteiger partial charge in [0.15, 0.2) is 0 Å². The molecule has 0 heterocycles. The van der Waals surface area contributed by atoms with Crippen LogP contribution in [0.2, 0.25) is 0 Å². The smallest absolute Gasteiger partial charge is 0.0561 e. The summed E-state index contributed by atoms with van der Waals surface area (Å²) in [4.78, 5) is 9.46. The molecule has 12 aromatic carbocycles. The van der Waals surface area contributed by atoms with Gasteiger partial charge in [0.2, 0.25) is 0 Å². The highest BCUT2D eigenvalue weighted by atomic mass is 15.2. The van der Waals surface area contributed by atoms with Crippen LogP contribution in [0.3, 0.4) is 0 Å². The third-order valence-electron chi connectivity index (χ3n) is 14.3. The molecular weight excluding hydrogens is 897 g/mol. The SMILES string of the molecule is C=C(c1cc(C(=C)N(c2ccccc2)c2ccccc2C)c2ccc3c(N(c4ccccc4)c4ccccc4)cc(N(c4ccccc4)c4ccccc4)c4ccc1c2c43)N(c1ccccc1)c1ccccc1C. The Kier molecular flexibility index (Phi) is 12.0. The molecule has 0 saturated carbocycles. The average Bonchev–Trinajstić information content (AvgIpc) is 3.46. The molecular formula is C70H54N4. The highest BCUT2D eigenvalue weighted by Crippen LogP contribution is 2.53. The van der Waals surface area contributed by atoms with Gasteiger partial charge in [0.1, 0.15) is 0 Å². The lowest BCUT2D eigenvalue weighted by molar-refractivity contribution is 1.26. The summed E-state index contributed by atoms with van der Waals surface area (Å²) < 4.78 is 0. The lowest BCUT2D eigenvalue weighted by atomic mass is 9.85. The van der Waals surface area contributed by atoms with Crippen LogP contribution < -0.4 is 19.6 Å². The maximum absolute atomic E-state index is 5.09. The van der Waals surface area contributed by atoms with E-state index >= 15 is 0 Å². The lowest BCUT2D eigenvalue weighted by Crippen LogP contribution is -2.18. The van der Waals surface area contributed by atoms with Gasteiger partial charge in [0.05, 0.1) is 11.4 Å². The van der Waals surface area contributed by atoms with Gasteiger partial charge in [-0.05, 0) is 138 Å². The van der Waals surface area contributed by atoms with Crippen molar-refractivity contribution in [1.82, 2.24) is 0 Å². The minimum absolute atomic E-state index is 0.852. The Bertz CT molecular complexity index is 3620. The summed E-state index contributed by atoms with van der Waals surface area (Å²) in [5.41, 5.74) is 16.5. The van der Waals surface area contributed by atoms with Gasteiger partial charge in [-0.1, -0.05) is 183 Å². The first-order valence-electron chi connectivity index (χ1n) is 25.2. The predicted molar refractivity (Wildman–Crippen MR) is 317 cm³/mol. The van der Waals surface area contributed by atoms with Crippen molar-refractivity contribution >= 4 is 101 Å². The standard InChI is InChI=1S/C70H54N4/c1-49-27-23-25-41-65(49)71(53-29-11-5-12-30-53)51(3)63-47-64(52(4)72(54-31-13-6-14-32-54)66-42-26-24-28-50(66)2)60-44-46-62-68(74(57-37-19-9-20-38-57)58-39-21-10-22-40-58)48-67(61-45-43-59(63)69(60)70(61)62)73(55-33-15-7-16-34-55)56-35-17-8-18-36-56/h5-48H,3-4H2,1-2H3. The highest BCUT2D eigenvalue weighted by Gasteiger charge is 2.29. The molecule has 0 fully saturated rings. The number of benzene rings is 12. The van der Waals surface area contributed by atoms with Gasteiger partial charge in [0, 0.05) is 84.2 Å². The summed E-state index contributed by atoms with van der Waals surface area (Å²) >= 11 is 0. The molecule has 0 unspecified atom stereocenters. The maximum Gasteiger partial charge on any atom is 0.0561 e. The number of anilines is 10. The minimum atomic E-state index is 0.852. The summed E-state index contributed by atoms with van der Waals surface area (Å²) in [6, 6.07) is 95.4. The molecule has 0 spiro atoms. The Morgan fingerprint density at radius 1 is 0.270 bits per heavy atom. The molecule has 12 aromatic rings. The number of para-hydroxylation sites is 8. The van der Waals surface area contributed by atoms with Crippen LogP contribution in [0.25, 0.3) is 43.7 Å². The number of hydrogen-bond acceptors (Lipinski definition) is 4. The van der Waals surface area contributed by atoms with E-state index in [1.807, 2.05) is 0 Å². The molecule has 0 atom stereocenters. The van der Waals surface area contributed by atoms with Crippen LogP contribution >= 0.6 is 0 Å². The van der Waals surface area contributed by atoms with Crippen molar-refractivity contribution < 1.29 is 0 Å². The van der Waals surface area contributed by atoms with E-state index < -0.39 is 0 Å².